The normalized spacial score (nSPS) is 33.6. The van der Waals surface area contributed by atoms with Crippen LogP contribution in [0.2, 0.25) is 0 Å². The summed E-state index contributed by atoms with van der Waals surface area (Å²) in [7, 11) is 1.32. The molecule has 1 unspecified atom stereocenters. The highest BCUT2D eigenvalue weighted by atomic mass is 35.5. The molecule has 2 saturated carbocycles. The van der Waals surface area contributed by atoms with Crippen LogP contribution in [0.1, 0.15) is 44.9 Å². The molecule has 0 aromatic carbocycles. The van der Waals surface area contributed by atoms with Crippen molar-refractivity contribution in [3.8, 4) is 0 Å². The van der Waals surface area contributed by atoms with Crippen molar-refractivity contribution >= 4 is 46.5 Å². The topological polar surface area (TPSA) is 38.7 Å². The highest BCUT2D eigenvalue weighted by Gasteiger charge is 2.54. The van der Waals surface area contributed by atoms with Gasteiger partial charge in [-0.05, 0) is 32.1 Å². The Balaban J connectivity index is 2.37. The molecule has 0 bridgehead atoms. The smallest absolute Gasteiger partial charge is 0.332 e. The van der Waals surface area contributed by atoms with Crippen LogP contribution in [-0.2, 0) is 9.53 Å². The minimum absolute atomic E-state index is 0.174. The molecule has 2 fully saturated rings. The van der Waals surface area contributed by atoms with Gasteiger partial charge in [0.25, 0.3) is 0 Å². The number of methoxy groups -OCH3 is 1. The number of hydrogen-bond donors (Lipinski definition) is 0. The first-order valence-electron chi connectivity index (χ1n) is 6.64. The Morgan fingerprint density at radius 3 is 2.42 bits per heavy atom. The number of hydrogen-bond acceptors (Lipinski definition) is 3. The Hall–Kier alpha value is 0.01000. The van der Waals surface area contributed by atoms with Crippen molar-refractivity contribution in [3.63, 3.8) is 0 Å². The van der Waals surface area contributed by atoms with E-state index in [0.29, 0.717) is 25.0 Å². The van der Waals surface area contributed by atoms with Gasteiger partial charge in [-0.1, -0.05) is 47.6 Å². The first-order chi connectivity index (χ1) is 8.90. The summed E-state index contributed by atoms with van der Waals surface area (Å²) in [5, 5.41) is 0. The molecule has 0 aromatic heterocycles. The lowest BCUT2D eigenvalue weighted by atomic mass is 9.85. The first kappa shape index (κ1) is 15.4. The van der Waals surface area contributed by atoms with Gasteiger partial charge in [0, 0.05) is 0 Å². The molecule has 108 valence electrons. The summed E-state index contributed by atoms with van der Waals surface area (Å²) in [5.41, 5.74) is 0.384. The molecule has 0 heterocycles. The van der Waals surface area contributed by atoms with E-state index in [1.54, 1.807) is 0 Å². The lowest BCUT2D eigenvalue weighted by Gasteiger charge is -2.38. The SMILES string of the molecule is COC(=O)C1(Cl)CCCC(Cl)(Cl)C1=NC1CCCC1. The summed E-state index contributed by atoms with van der Waals surface area (Å²) in [6.07, 6.45) is 6.00. The Labute approximate surface area is 128 Å². The van der Waals surface area contributed by atoms with Gasteiger partial charge in [-0.2, -0.15) is 0 Å². The molecule has 6 heteroatoms. The second-order valence-electron chi connectivity index (χ2n) is 5.27. The van der Waals surface area contributed by atoms with Crippen LogP contribution in [0.4, 0.5) is 0 Å². The molecule has 0 aromatic rings. The number of esters is 1. The number of halogens is 3. The molecule has 0 radical (unpaired) electrons. The maximum Gasteiger partial charge on any atom is 0.332 e. The quantitative estimate of drug-likeness (QED) is 0.570. The summed E-state index contributed by atoms with van der Waals surface area (Å²) in [6.45, 7) is 0. The van der Waals surface area contributed by atoms with Crippen LogP contribution < -0.4 is 0 Å². The fraction of sp³-hybridized carbons (Fsp3) is 0.846. The predicted octanol–water partition coefficient (Wildman–Crippen LogP) is 3.88. The van der Waals surface area contributed by atoms with Gasteiger partial charge in [-0.15, -0.1) is 0 Å². The summed E-state index contributed by atoms with van der Waals surface area (Å²) < 4.78 is 3.64. The van der Waals surface area contributed by atoms with Crippen molar-refractivity contribution in [1.82, 2.24) is 0 Å². The van der Waals surface area contributed by atoms with Crippen molar-refractivity contribution in [1.29, 1.82) is 0 Å². The number of carbonyl (C=O) groups is 1. The Morgan fingerprint density at radius 2 is 1.84 bits per heavy atom. The van der Waals surface area contributed by atoms with Gasteiger partial charge in [0.05, 0.1) is 18.9 Å². The number of rotatable bonds is 2. The number of ether oxygens (including phenoxy) is 1. The summed E-state index contributed by atoms with van der Waals surface area (Å²) in [6, 6.07) is 0.174. The van der Waals surface area contributed by atoms with Crippen LogP contribution in [0.5, 0.6) is 0 Å². The van der Waals surface area contributed by atoms with Gasteiger partial charge < -0.3 is 4.74 Å². The Bertz CT molecular complexity index is 391. The van der Waals surface area contributed by atoms with Crippen LogP contribution in [0, 0.1) is 0 Å². The molecule has 0 N–H and O–H groups in total. The van der Waals surface area contributed by atoms with E-state index in [9.17, 15) is 4.79 Å². The van der Waals surface area contributed by atoms with Gasteiger partial charge >= 0.3 is 5.97 Å². The fourth-order valence-corrected chi connectivity index (χ4v) is 4.06. The zero-order valence-electron chi connectivity index (χ0n) is 10.9. The van der Waals surface area contributed by atoms with E-state index in [2.05, 4.69) is 4.99 Å². The van der Waals surface area contributed by atoms with Crippen molar-refractivity contribution < 1.29 is 9.53 Å². The van der Waals surface area contributed by atoms with Crippen LogP contribution in [0.25, 0.3) is 0 Å². The number of carbonyl (C=O) groups excluding carboxylic acids is 1. The van der Waals surface area contributed by atoms with E-state index in [4.69, 9.17) is 39.5 Å². The van der Waals surface area contributed by atoms with Gasteiger partial charge in [0.15, 0.2) is 9.21 Å². The lowest BCUT2D eigenvalue weighted by Crippen LogP contribution is -2.53. The molecule has 2 aliphatic rings. The molecule has 3 nitrogen and oxygen atoms in total. The maximum atomic E-state index is 12.0. The largest absolute Gasteiger partial charge is 0.467 e. The molecule has 0 spiro atoms. The van der Waals surface area contributed by atoms with Crippen molar-refractivity contribution in [2.75, 3.05) is 7.11 Å². The second kappa shape index (κ2) is 5.79. The minimum Gasteiger partial charge on any atom is -0.467 e. The van der Waals surface area contributed by atoms with Crippen molar-refractivity contribution in [2.24, 2.45) is 4.99 Å². The molecule has 19 heavy (non-hydrogen) atoms. The number of aliphatic imine (C=N–C) groups is 1. The van der Waals surface area contributed by atoms with Gasteiger partial charge in [-0.25, -0.2) is 4.79 Å². The van der Waals surface area contributed by atoms with Gasteiger partial charge in [0.1, 0.15) is 0 Å². The molecule has 2 aliphatic carbocycles. The minimum atomic E-state index is -1.31. The standard InChI is InChI=1S/C13H18Cl3NO2/c1-19-11(18)12(14)7-4-8-13(15,16)10(12)17-9-5-2-3-6-9/h9H,2-8H2,1H3. The van der Waals surface area contributed by atoms with E-state index in [0.717, 1.165) is 25.7 Å². The van der Waals surface area contributed by atoms with E-state index in [-0.39, 0.29) is 6.04 Å². The maximum absolute atomic E-state index is 12.0. The third-order valence-electron chi connectivity index (χ3n) is 3.88. The lowest BCUT2D eigenvalue weighted by molar-refractivity contribution is -0.142. The molecule has 0 saturated heterocycles. The second-order valence-corrected chi connectivity index (χ2v) is 7.40. The third kappa shape index (κ3) is 3.03. The van der Waals surface area contributed by atoms with Crippen LogP contribution in [-0.4, -0.2) is 34.0 Å². The molecular formula is C13H18Cl3NO2. The van der Waals surface area contributed by atoms with Crippen molar-refractivity contribution in [3.05, 3.63) is 0 Å². The Kier molecular flexibility index (Phi) is 4.69. The highest BCUT2D eigenvalue weighted by Crippen LogP contribution is 2.45. The average Bonchev–Trinajstić information content (AvgIpc) is 2.85. The zero-order chi connectivity index (χ0) is 14.1. The van der Waals surface area contributed by atoms with E-state index >= 15 is 0 Å². The first-order valence-corrected chi connectivity index (χ1v) is 7.77. The van der Waals surface area contributed by atoms with Crippen LogP contribution in [0.15, 0.2) is 4.99 Å². The monoisotopic (exact) mass is 325 g/mol. The summed E-state index contributed by atoms with van der Waals surface area (Å²) in [5.74, 6) is -0.517. The molecule has 2 rings (SSSR count). The fourth-order valence-electron chi connectivity index (χ4n) is 2.85. The number of alkyl halides is 3. The molecular weight excluding hydrogens is 309 g/mol. The summed E-state index contributed by atoms with van der Waals surface area (Å²) >= 11 is 19.2. The third-order valence-corrected chi connectivity index (χ3v) is 5.14. The van der Waals surface area contributed by atoms with E-state index in [1.165, 1.54) is 7.11 Å². The number of nitrogens with zero attached hydrogens (tertiary/aromatic N) is 1. The van der Waals surface area contributed by atoms with Crippen LogP contribution in [0.3, 0.4) is 0 Å². The van der Waals surface area contributed by atoms with Gasteiger partial charge in [0.2, 0.25) is 0 Å². The van der Waals surface area contributed by atoms with Gasteiger partial charge in [-0.3, -0.25) is 4.99 Å². The highest BCUT2D eigenvalue weighted by molar-refractivity contribution is 6.65. The zero-order valence-corrected chi connectivity index (χ0v) is 13.2. The Morgan fingerprint density at radius 1 is 1.21 bits per heavy atom. The van der Waals surface area contributed by atoms with Crippen LogP contribution >= 0.6 is 34.8 Å². The summed E-state index contributed by atoms with van der Waals surface area (Å²) in [4.78, 5) is 15.3. The predicted molar refractivity (Wildman–Crippen MR) is 78.6 cm³/mol. The average molecular weight is 327 g/mol. The molecule has 0 amide bonds. The van der Waals surface area contributed by atoms with E-state index in [1.807, 2.05) is 0 Å². The van der Waals surface area contributed by atoms with Crippen molar-refractivity contribution in [2.45, 2.75) is 60.2 Å². The molecule has 0 aliphatic heterocycles. The van der Waals surface area contributed by atoms with E-state index < -0.39 is 15.2 Å². The molecule has 1 atom stereocenters.